The minimum atomic E-state index is 0.285. The Hall–Kier alpha value is -1.24. The van der Waals surface area contributed by atoms with Crippen LogP contribution >= 0.6 is 0 Å². The summed E-state index contributed by atoms with van der Waals surface area (Å²) in [5.74, 6) is 0.841. The van der Waals surface area contributed by atoms with Crippen LogP contribution in [0.1, 0.15) is 65.0 Å². The molecule has 22 heavy (non-hydrogen) atoms. The molecule has 1 saturated heterocycles. The van der Waals surface area contributed by atoms with Gasteiger partial charge in [-0.1, -0.05) is 57.5 Å². The SMILES string of the molecule is CCC(C)(C)c1ccc(CC(C)=CN2CCCC(C)C2)cc1. The Morgan fingerprint density at radius 1 is 1.27 bits per heavy atom. The standard InChI is InChI=1S/C21H33N/c1-6-21(4,5)20-11-9-19(10-12-20)14-18(3)16-22-13-7-8-17(2)15-22/h9-12,16-17H,6-8,13-15H2,1-5H3. The first kappa shape index (κ1) is 17.1. The Kier molecular flexibility index (Phi) is 5.72. The third-order valence-corrected chi connectivity index (χ3v) is 5.19. The van der Waals surface area contributed by atoms with Crippen LogP contribution in [0.4, 0.5) is 0 Å². The van der Waals surface area contributed by atoms with Gasteiger partial charge in [-0.3, -0.25) is 0 Å². The maximum Gasteiger partial charge on any atom is 0.0198 e. The predicted molar refractivity (Wildman–Crippen MR) is 97.2 cm³/mol. The highest BCUT2D eigenvalue weighted by Gasteiger charge is 2.17. The molecule has 1 unspecified atom stereocenters. The van der Waals surface area contributed by atoms with E-state index in [-0.39, 0.29) is 5.41 Å². The van der Waals surface area contributed by atoms with E-state index in [1.165, 1.54) is 49.1 Å². The summed E-state index contributed by atoms with van der Waals surface area (Å²) in [6.45, 7) is 14.0. The van der Waals surface area contributed by atoms with Gasteiger partial charge in [0.2, 0.25) is 0 Å². The highest BCUT2D eigenvalue weighted by Crippen LogP contribution is 2.27. The third-order valence-electron chi connectivity index (χ3n) is 5.19. The van der Waals surface area contributed by atoms with E-state index in [4.69, 9.17) is 0 Å². The molecule has 1 aromatic rings. The lowest BCUT2D eigenvalue weighted by atomic mass is 9.82. The number of hydrogen-bond acceptors (Lipinski definition) is 1. The molecule has 1 heterocycles. The zero-order chi connectivity index (χ0) is 16.2. The first-order valence-corrected chi connectivity index (χ1v) is 8.91. The topological polar surface area (TPSA) is 3.24 Å². The lowest BCUT2D eigenvalue weighted by Gasteiger charge is -2.30. The highest BCUT2D eigenvalue weighted by atomic mass is 15.1. The molecule has 0 N–H and O–H groups in total. The minimum Gasteiger partial charge on any atom is -0.377 e. The molecule has 1 aliphatic rings. The second-order valence-corrected chi connectivity index (χ2v) is 7.83. The van der Waals surface area contributed by atoms with Crippen molar-refractivity contribution in [2.24, 2.45) is 5.92 Å². The largest absolute Gasteiger partial charge is 0.377 e. The third kappa shape index (κ3) is 4.63. The molecule has 0 amide bonds. The van der Waals surface area contributed by atoms with Crippen molar-refractivity contribution in [2.75, 3.05) is 13.1 Å². The van der Waals surface area contributed by atoms with Gasteiger partial charge in [0.1, 0.15) is 0 Å². The van der Waals surface area contributed by atoms with Crippen molar-refractivity contribution in [3.05, 3.63) is 47.2 Å². The summed E-state index contributed by atoms with van der Waals surface area (Å²) < 4.78 is 0. The molecule has 122 valence electrons. The lowest BCUT2D eigenvalue weighted by Crippen LogP contribution is -2.30. The van der Waals surface area contributed by atoms with Crippen LogP contribution in [0.2, 0.25) is 0 Å². The average Bonchev–Trinajstić information content (AvgIpc) is 2.47. The summed E-state index contributed by atoms with van der Waals surface area (Å²) in [4.78, 5) is 2.51. The number of nitrogens with zero attached hydrogens (tertiary/aromatic N) is 1. The normalized spacial score (nSPS) is 20.3. The van der Waals surface area contributed by atoms with Crippen molar-refractivity contribution in [3.63, 3.8) is 0 Å². The Balaban J connectivity index is 1.98. The summed E-state index contributed by atoms with van der Waals surface area (Å²) in [5, 5.41) is 0. The van der Waals surface area contributed by atoms with E-state index in [2.05, 4.69) is 70.0 Å². The second-order valence-electron chi connectivity index (χ2n) is 7.83. The maximum atomic E-state index is 2.51. The van der Waals surface area contributed by atoms with Crippen LogP contribution in [0.3, 0.4) is 0 Å². The molecule has 0 spiro atoms. The summed E-state index contributed by atoms with van der Waals surface area (Å²) in [6, 6.07) is 9.25. The maximum absolute atomic E-state index is 2.51. The average molecular weight is 300 g/mol. The number of rotatable bonds is 5. The van der Waals surface area contributed by atoms with E-state index in [1.807, 2.05) is 0 Å². The van der Waals surface area contributed by atoms with Gasteiger partial charge in [-0.15, -0.1) is 0 Å². The van der Waals surface area contributed by atoms with Crippen LogP contribution in [-0.2, 0) is 11.8 Å². The molecule has 0 saturated carbocycles. The molecule has 0 aromatic heterocycles. The molecular formula is C21H33N. The Bertz CT molecular complexity index is 495. The van der Waals surface area contributed by atoms with Crippen molar-refractivity contribution in [1.29, 1.82) is 0 Å². The molecule has 1 atom stereocenters. The molecule has 2 rings (SSSR count). The molecule has 0 radical (unpaired) electrons. The van der Waals surface area contributed by atoms with E-state index < -0.39 is 0 Å². The van der Waals surface area contributed by atoms with Crippen LogP contribution in [0, 0.1) is 5.92 Å². The van der Waals surface area contributed by atoms with Gasteiger partial charge in [0.05, 0.1) is 0 Å². The first-order chi connectivity index (χ1) is 10.4. The van der Waals surface area contributed by atoms with Gasteiger partial charge < -0.3 is 4.90 Å². The predicted octanol–water partition coefficient (Wildman–Crippen LogP) is 5.55. The van der Waals surface area contributed by atoms with Crippen LogP contribution < -0.4 is 0 Å². The molecule has 1 nitrogen and oxygen atoms in total. The van der Waals surface area contributed by atoms with Gasteiger partial charge in [0.25, 0.3) is 0 Å². The second kappa shape index (κ2) is 7.35. The molecular weight excluding hydrogens is 266 g/mol. The Morgan fingerprint density at radius 2 is 1.95 bits per heavy atom. The van der Waals surface area contributed by atoms with Gasteiger partial charge in [-0.25, -0.2) is 0 Å². The van der Waals surface area contributed by atoms with E-state index >= 15 is 0 Å². The van der Waals surface area contributed by atoms with Crippen molar-refractivity contribution in [3.8, 4) is 0 Å². The fraction of sp³-hybridized carbons (Fsp3) is 0.619. The highest BCUT2D eigenvalue weighted by molar-refractivity contribution is 5.30. The first-order valence-electron chi connectivity index (χ1n) is 8.91. The zero-order valence-electron chi connectivity index (χ0n) is 15.2. The summed E-state index contributed by atoms with van der Waals surface area (Å²) >= 11 is 0. The van der Waals surface area contributed by atoms with Gasteiger partial charge in [-0.05, 0) is 61.3 Å². The van der Waals surface area contributed by atoms with Gasteiger partial charge >= 0.3 is 0 Å². The smallest absolute Gasteiger partial charge is 0.0198 e. The van der Waals surface area contributed by atoms with Crippen LogP contribution in [0.5, 0.6) is 0 Å². The van der Waals surface area contributed by atoms with Crippen LogP contribution in [-0.4, -0.2) is 18.0 Å². The number of allylic oxidation sites excluding steroid dienone is 1. The van der Waals surface area contributed by atoms with E-state index in [0.29, 0.717) is 0 Å². The van der Waals surface area contributed by atoms with Crippen LogP contribution in [0.15, 0.2) is 36.0 Å². The van der Waals surface area contributed by atoms with Gasteiger partial charge in [-0.2, -0.15) is 0 Å². The van der Waals surface area contributed by atoms with E-state index in [0.717, 1.165) is 12.3 Å². The van der Waals surface area contributed by atoms with Crippen molar-refractivity contribution < 1.29 is 0 Å². The zero-order valence-corrected chi connectivity index (χ0v) is 15.2. The molecule has 1 aromatic carbocycles. The summed E-state index contributed by atoms with van der Waals surface area (Å²) in [6.07, 6.45) is 7.36. The van der Waals surface area contributed by atoms with E-state index in [9.17, 15) is 0 Å². The number of likely N-dealkylation sites (tertiary alicyclic amines) is 1. The fourth-order valence-electron chi connectivity index (χ4n) is 3.30. The summed E-state index contributed by atoms with van der Waals surface area (Å²) in [5.41, 5.74) is 4.63. The number of hydrogen-bond donors (Lipinski definition) is 0. The molecule has 1 heteroatoms. The number of benzene rings is 1. The molecule has 1 fully saturated rings. The molecule has 0 aliphatic carbocycles. The lowest BCUT2D eigenvalue weighted by molar-refractivity contribution is 0.246. The number of piperidine rings is 1. The van der Waals surface area contributed by atoms with E-state index in [1.54, 1.807) is 0 Å². The molecule has 0 bridgehead atoms. The minimum absolute atomic E-state index is 0.285. The molecule has 1 aliphatic heterocycles. The monoisotopic (exact) mass is 299 g/mol. The Morgan fingerprint density at radius 3 is 2.55 bits per heavy atom. The van der Waals surface area contributed by atoms with Crippen LogP contribution in [0.25, 0.3) is 0 Å². The van der Waals surface area contributed by atoms with Crippen molar-refractivity contribution in [1.82, 2.24) is 4.90 Å². The fourth-order valence-corrected chi connectivity index (χ4v) is 3.30. The quantitative estimate of drug-likeness (QED) is 0.688. The summed E-state index contributed by atoms with van der Waals surface area (Å²) in [7, 11) is 0. The van der Waals surface area contributed by atoms with Crippen molar-refractivity contribution in [2.45, 2.75) is 65.7 Å². The van der Waals surface area contributed by atoms with Gasteiger partial charge in [0.15, 0.2) is 0 Å². The van der Waals surface area contributed by atoms with Gasteiger partial charge in [0, 0.05) is 13.1 Å². The van der Waals surface area contributed by atoms with Crippen molar-refractivity contribution >= 4 is 0 Å². The Labute approximate surface area is 137 Å².